The van der Waals surface area contributed by atoms with Gasteiger partial charge in [0.25, 0.3) is 11.5 Å². The van der Waals surface area contributed by atoms with Gasteiger partial charge in [0.2, 0.25) is 0 Å². The Kier molecular flexibility index (Phi) is 6.88. The molecular formula is C27H22N4O4. The number of aromatic amines is 1. The van der Waals surface area contributed by atoms with Gasteiger partial charge in [0, 0.05) is 5.69 Å². The fourth-order valence-corrected chi connectivity index (χ4v) is 3.45. The molecule has 35 heavy (non-hydrogen) atoms. The number of hydrogen-bond donors (Lipinski definition) is 2. The number of methoxy groups -OCH3 is 1. The van der Waals surface area contributed by atoms with Gasteiger partial charge in [-0.05, 0) is 60.5 Å². The lowest BCUT2D eigenvalue weighted by molar-refractivity contribution is -0.118. The van der Waals surface area contributed by atoms with E-state index in [9.17, 15) is 14.9 Å². The summed E-state index contributed by atoms with van der Waals surface area (Å²) in [4.78, 5) is 31.8. The maximum atomic E-state index is 12.5. The number of carbonyl (C=O) groups is 1. The number of allylic oxidation sites excluding steroid dienone is 1. The molecule has 0 radical (unpaired) electrons. The van der Waals surface area contributed by atoms with E-state index in [1.54, 1.807) is 48.5 Å². The van der Waals surface area contributed by atoms with Crippen LogP contribution in [0.2, 0.25) is 0 Å². The Bertz CT molecular complexity index is 1520. The highest BCUT2D eigenvalue weighted by Crippen LogP contribution is 2.29. The molecule has 0 unspecified atom stereocenters. The number of rotatable bonds is 7. The monoisotopic (exact) mass is 466 g/mol. The van der Waals surface area contributed by atoms with E-state index < -0.39 is 0 Å². The minimum Gasteiger partial charge on any atom is -0.493 e. The Morgan fingerprint density at radius 2 is 1.91 bits per heavy atom. The summed E-state index contributed by atoms with van der Waals surface area (Å²) in [7, 11) is 1.48. The van der Waals surface area contributed by atoms with Crippen molar-refractivity contribution >= 4 is 34.1 Å². The number of para-hydroxylation sites is 1. The van der Waals surface area contributed by atoms with Crippen LogP contribution in [0.3, 0.4) is 0 Å². The van der Waals surface area contributed by atoms with Crippen LogP contribution in [-0.2, 0) is 4.79 Å². The largest absolute Gasteiger partial charge is 0.493 e. The van der Waals surface area contributed by atoms with E-state index in [-0.39, 0.29) is 29.5 Å². The van der Waals surface area contributed by atoms with Crippen molar-refractivity contribution in [3.63, 3.8) is 0 Å². The zero-order valence-electron chi connectivity index (χ0n) is 19.2. The zero-order chi connectivity index (χ0) is 24.8. The van der Waals surface area contributed by atoms with Crippen LogP contribution in [0.4, 0.5) is 5.69 Å². The van der Waals surface area contributed by atoms with E-state index in [4.69, 9.17) is 9.47 Å². The maximum Gasteiger partial charge on any atom is 0.262 e. The highest BCUT2D eigenvalue weighted by Gasteiger charge is 2.12. The van der Waals surface area contributed by atoms with E-state index in [0.717, 1.165) is 5.56 Å². The lowest BCUT2D eigenvalue weighted by Gasteiger charge is -2.12. The third kappa shape index (κ3) is 5.54. The van der Waals surface area contributed by atoms with E-state index in [1.165, 1.54) is 7.11 Å². The number of hydrogen-bond acceptors (Lipinski definition) is 6. The van der Waals surface area contributed by atoms with Gasteiger partial charge < -0.3 is 19.8 Å². The van der Waals surface area contributed by atoms with Gasteiger partial charge in [0.05, 0.1) is 23.6 Å². The third-order valence-corrected chi connectivity index (χ3v) is 5.15. The first kappa shape index (κ1) is 23.3. The summed E-state index contributed by atoms with van der Waals surface area (Å²) >= 11 is 0. The summed E-state index contributed by atoms with van der Waals surface area (Å²) in [6.45, 7) is 1.70. The van der Waals surface area contributed by atoms with Crippen molar-refractivity contribution in [3.8, 4) is 17.6 Å². The molecule has 8 nitrogen and oxygen atoms in total. The normalized spacial score (nSPS) is 11.1. The number of benzene rings is 3. The molecule has 0 spiro atoms. The molecule has 0 atom stereocenters. The van der Waals surface area contributed by atoms with Crippen molar-refractivity contribution in [1.29, 1.82) is 5.26 Å². The molecule has 2 N–H and O–H groups in total. The molecule has 0 aliphatic rings. The van der Waals surface area contributed by atoms with Crippen molar-refractivity contribution in [3.05, 3.63) is 94.0 Å². The zero-order valence-corrected chi connectivity index (χ0v) is 19.2. The molecule has 0 aliphatic carbocycles. The van der Waals surface area contributed by atoms with Crippen molar-refractivity contribution < 1.29 is 14.3 Å². The average molecular weight is 466 g/mol. The van der Waals surface area contributed by atoms with Crippen LogP contribution < -0.4 is 20.3 Å². The fraction of sp³-hybridized carbons (Fsp3) is 0.111. The third-order valence-electron chi connectivity index (χ3n) is 5.15. The van der Waals surface area contributed by atoms with Crippen molar-refractivity contribution in [2.45, 2.75) is 6.92 Å². The van der Waals surface area contributed by atoms with Crippen LogP contribution in [0.1, 0.15) is 17.0 Å². The number of aryl methyl sites for hydroxylation is 1. The summed E-state index contributed by atoms with van der Waals surface area (Å²) in [5.74, 6) is 0.626. The first-order valence-corrected chi connectivity index (χ1v) is 10.8. The number of ether oxygens (including phenoxy) is 2. The Morgan fingerprint density at radius 1 is 1.11 bits per heavy atom. The second kappa shape index (κ2) is 10.4. The summed E-state index contributed by atoms with van der Waals surface area (Å²) in [5.41, 5.74) is 2.64. The number of nitriles is 1. The highest BCUT2D eigenvalue weighted by atomic mass is 16.5. The molecule has 0 saturated heterocycles. The lowest BCUT2D eigenvalue weighted by Crippen LogP contribution is -2.20. The van der Waals surface area contributed by atoms with Crippen molar-refractivity contribution in [2.75, 3.05) is 19.0 Å². The van der Waals surface area contributed by atoms with Gasteiger partial charge in [0.15, 0.2) is 23.9 Å². The number of nitrogens with zero attached hydrogens (tertiary/aromatic N) is 2. The van der Waals surface area contributed by atoms with E-state index >= 15 is 0 Å². The Hall–Kier alpha value is -4.90. The molecule has 1 amide bonds. The molecular weight excluding hydrogens is 444 g/mol. The Labute approximate surface area is 201 Å². The van der Waals surface area contributed by atoms with Crippen LogP contribution in [0.15, 0.2) is 71.5 Å². The molecule has 1 aromatic heterocycles. The van der Waals surface area contributed by atoms with Crippen molar-refractivity contribution in [2.24, 2.45) is 0 Å². The van der Waals surface area contributed by atoms with E-state index in [0.29, 0.717) is 33.7 Å². The topological polar surface area (TPSA) is 117 Å². The predicted molar refractivity (Wildman–Crippen MR) is 134 cm³/mol. The number of H-pyrrole nitrogens is 1. The molecule has 1 heterocycles. The minimum atomic E-state index is -0.318. The molecule has 8 heteroatoms. The van der Waals surface area contributed by atoms with Crippen LogP contribution in [-0.4, -0.2) is 29.6 Å². The fourth-order valence-electron chi connectivity index (χ4n) is 3.45. The second-order valence-corrected chi connectivity index (χ2v) is 7.72. The van der Waals surface area contributed by atoms with Gasteiger partial charge in [-0.2, -0.15) is 5.26 Å². The highest BCUT2D eigenvalue weighted by molar-refractivity contribution is 5.92. The van der Waals surface area contributed by atoms with Crippen LogP contribution in [0.25, 0.3) is 22.6 Å². The van der Waals surface area contributed by atoms with E-state index in [2.05, 4.69) is 21.4 Å². The summed E-state index contributed by atoms with van der Waals surface area (Å²) in [6, 6.07) is 21.5. The molecule has 0 fully saturated rings. The summed E-state index contributed by atoms with van der Waals surface area (Å²) in [5, 5.41) is 12.9. The molecule has 0 aliphatic heterocycles. The quantitative estimate of drug-likeness (QED) is 0.392. The molecule has 3 aromatic carbocycles. The van der Waals surface area contributed by atoms with Crippen LogP contribution in [0.5, 0.6) is 11.5 Å². The molecule has 4 rings (SSSR count). The summed E-state index contributed by atoms with van der Waals surface area (Å²) < 4.78 is 11.0. The molecule has 4 aromatic rings. The number of aromatic nitrogens is 2. The van der Waals surface area contributed by atoms with Gasteiger partial charge in [-0.3, -0.25) is 9.59 Å². The van der Waals surface area contributed by atoms with Crippen molar-refractivity contribution in [1.82, 2.24) is 9.97 Å². The van der Waals surface area contributed by atoms with Gasteiger partial charge in [-0.1, -0.05) is 30.3 Å². The second-order valence-electron chi connectivity index (χ2n) is 7.72. The minimum absolute atomic E-state index is 0.174. The molecule has 0 bridgehead atoms. The van der Waals surface area contributed by atoms with Gasteiger partial charge >= 0.3 is 0 Å². The van der Waals surface area contributed by atoms with Gasteiger partial charge in [0.1, 0.15) is 6.07 Å². The summed E-state index contributed by atoms with van der Waals surface area (Å²) in [6.07, 6.45) is 1.59. The number of fused-ring (bicyclic) bond motifs is 1. The smallest absolute Gasteiger partial charge is 0.262 e. The first-order chi connectivity index (χ1) is 17.0. The number of carbonyl (C=O) groups excluding carboxylic acids is 1. The lowest BCUT2D eigenvalue weighted by atomic mass is 10.1. The van der Waals surface area contributed by atoms with Crippen LogP contribution >= 0.6 is 0 Å². The first-order valence-electron chi connectivity index (χ1n) is 10.8. The maximum absolute atomic E-state index is 12.5. The van der Waals surface area contributed by atoms with Gasteiger partial charge in [-0.15, -0.1) is 0 Å². The Morgan fingerprint density at radius 3 is 2.66 bits per heavy atom. The Balaban J connectivity index is 1.55. The predicted octanol–water partition coefficient (Wildman–Crippen LogP) is 4.32. The number of amides is 1. The number of anilines is 1. The van der Waals surface area contributed by atoms with Gasteiger partial charge in [-0.25, -0.2) is 4.98 Å². The number of nitrogens with one attached hydrogen (secondary N) is 2. The molecule has 0 saturated carbocycles. The van der Waals surface area contributed by atoms with E-state index in [1.807, 2.05) is 31.2 Å². The standard InChI is InChI=1S/C27H22N4O4/c1-17-8-10-21-22(12-17)30-26(31-27(21)33)19(15-28)13-18-9-11-23(24(14-18)34-2)35-16-25(32)29-20-6-4-3-5-7-20/h3-14H,16H2,1-2H3,(H,29,32)(H,30,31,33). The molecule has 174 valence electrons. The average Bonchev–Trinajstić information content (AvgIpc) is 2.86. The SMILES string of the molecule is COc1cc(C=C(C#N)c2nc3cc(C)ccc3c(=O)[nH]2)ccc1OCC(=O)Nc1ccccc1. The van der Waals surface area contributed by atoms with Crippen LogP contribution in [0, 0.1) is 18.3 Å².